The zero-order chi connectivity index (χ0) is 21.8. The number of primary amides is 1. The molecule has 0 aromatic heterocycles. The number of hydrogen-bond donors (Lipinski definition) is 6. The van der Waals surface area contributed by atoms with Crippen molar-refractivity contribution in [2.75, 3.05) is 6.61 Å². The lowest BCUT2D eigenvalue weighted by atomic mass is 9.79. The molecule has 8 N–H and O–H groups in total. The summed E-state index contributed by atoms with van der Waals surface area (Å²) in [6, 6.07) is 4.55. The summed E-state index contributed by atoms with van der Waals surface area (Å²) in [6.07, 6.45) is -0.0439. The molecule has 29 heavy (non-hydrogen) atoms. The molecule has 1 saturated carbocycles. The molecule has 1 aromatic rings. The predicted molar refractivity (Wildman–Crippen MR) is 105 cm³/mol. The highest BCUT2D eigenvalue weighted by molar-refractivity contribution is 5.97. The van der Waals surface area contributed by atoms with Crippen LogP contribution in [0.2, 0.25) is 0 Å². The third-order valence-electron chi connectivity index (χ3n) is 4.79. The van der Waals surface area contributed by atoms with Crippen LogP contribution in [0.25, 0.3) is 0 Å². The first-order valence-electron chi connectivity index (χ1n) is 9.07. The van der Waals surface area contributed by atoms with Gasteiger partial charge in [-0.25, -0.2) is 5.48 Å². The van der Waals surface area contributed by atoms with E-state index >= 15 is 0 Å². The van der Waals surface area contributed by atoms with E-state index < -0.39 is 29.4 Å². The Morgan fingerprint density at radius 3 is 2.59 bits per heavy atom. The van der Waals surface area contributed by atoms with Crippen LogP contribution in [0.15, 0.2) is 18.2 Å². The Kier molecular flexibility index (Phi) is 7.02. The molecule has 0 saturated heterocycles. The Bertz CT molecular complexity index is 914. The Morgan fingerprint density at radius 2 is 2.03 bits per heavy atom. The lowest BCUT2D eigenvalue weighted by molar-refractivity contribution is -0.132. The molecule has 2 amide bonds. The van der Waals surface area contributed by atoms with Crippen LogP contribution in [0.5, 0.6) is 0 Å². The van der Waals surface area contributed by atoms with E-state index in [1.807, 2.05) is 0 Å². The summed E-state index contributed by atoms with van der Waals surface area (Å²) in [5.74, 6) is 8.60. The fraction of sp³-hybridized carbons (Fsp3) is 0.429. The summed E-state index contributed by atoms with van der Waals surface area (Å²) in [4.78, 5) is 24.0. The van der Waals surface area contributed by atoms with Gasteiger partial charge in [-0.1, -0.05) is 11.8 Å². The van der Waals surface area contributed by atoms with Gasteiger partial charge in [0.15, 0.2) is 0 Å². The number of amides is 2. The number of nitrogens with two attached hydrogens (primary N) is 2. The van der Waals surface area contributed by atoms with Gasteiger partial charge in [-0.3, -0.25) is 14.8 Å². The highest BCUT2D eigenvalue weighted by atomic mass is 16.5. The minimum Gasteiger partial charge on any atom is -0.394 e. The zero-order valence-corrected chi connectivity index (χ0v) is 16.3. The third-order valence-corrected chi connectivity index (χ3v) is 4.79. The molecule has 8 nitrogen and oxygen atoms in total. The number of hydroxylamine groups is 1. The van der Waals surface area contributed by atoms with Crippen LogP contribution in [0.4, 0.5) is 0 Å². The first-order valence-corrected chi connectivity index (χ1v) is 9.07. The second-order valence-electron chi connectivity index (χ2n) is 7.67. The molecule has 1 fully saturated rings. The molecule has 0 heterocycles. The maximum atomic E-state index is 12.2. The van der Waals surface area contributed by atoms with Gasteiger partial charge in [-0.05, 0) is 55.9 Å². The number of aliphatic hydroxyl groups is 2. The Hall–Kier alpha value is -2.88. The summed E-state index contributed by atoms with van der Waals surface area (Å²) in [5, 5.41) is 27.5. The van der Waals surface area contributed by atoms with Crippen LogP contribution in [-0.4, -0.2) is 45.5 Å². The summed E-state index contributed by atoms with van der Waals surface area (Å²) in [6.45, 7) is 2.90. The molecule has 4 atom stereocenters. The van der Waals surface area contributed by atoms with Crippen molar-refractivity contribution in [1.82, 2.24) is 5.48 Å². The molecule has 1 aliphatic rings. The van der Waals surface area contributed by atoms with Gasteiger partial charge < -0.3 is 21.7 Å². The molecule has 1 aromatic carbocycles. The predicted octanol–water partition coefficient (Wildman–Crippen LogP) is -0.544. The van der Waals surface area contributed by atoms with E-state index in [-0.39, 0.29) is 29.6 Å². The number of nitrogens with one attached hydrogen (secondary N) is 1. The van der Waals surface area contributed by atoms with Crippen molar-refractivity contribution in [3.8, 4) is 23.7 Å². The second-order valence-corrected chi connectivity index (χ2v) is 7.67. The average molecular weight is 399 g/mol. The molecule has 8 heteroatoms. The summed E-state index contributed by atoms with van der Waals surface area (Å²) < 4.78 is 0. The average Bonchev–Trinajstić information content (AvgIpc) is 3.43. The minimum atomic E-state index is -1.10. The SMILES string of the molecule is CC(C)(N)[C@@H](C(=O)NO)c1cc(C#CC#CC2CC2C(O)CO)ccc1C(N)=O. The number of rotatable bonds is 6. The number of carbonyl (C=O) groups is 2. The van der Waals surface area contributed by atoms with Gasteiger partial charge in [0.25, 0.3) is 5.91 Å². The normalized spacial score (nSPS) is 19.7. The smallest absolute Gasteiger partial charge is 0.252 e. The van der Waals surface area contributed by atoms with Crippen molar-refractivity contribution in [1.29, 1.82) is 0 Å². The number of aliphatic hydroxyl groups excluding tert-OH is 2. The maximum absolute atomic E-state index is 12.2. The van der Waals surface area contributed by atoms with E-state index in [1.165, 1.54) is 12.1 Å². The first-order chi connectivity index (χ1) is 13.6. The second kappa shape index (κ2) is 9.08. The van der Waals surface area contributed by atoms with Crippen molar-refractivity contribution < 1.29 is 25.0 Å². The zero-order valence-electron chi connectivity index (χ0n) is 16.3. The summed E-state index contributed by atoms with van der Waals surface area (Å²) >= 11 is 0. The maximum Gasteiger partial charge on any atom is 0.252 e. The standard InChI is InChI=1S/C21H25N3O5/c1-21(2,23)18(20(28)24-29)16-9-12(7-8-14(16)19(22)27)5-3-4-6-13-10-15(13)17(26)11-25/h7-9,13,15,17-18,25-26,29H,10-11,23H2,1-2H3,(H2,22,27)(H,24,28)/t13?,15?,17?,18-/m1/s1. The van der Waals surface area contributed by atoms with Gasteiger partial charge in [0.2, 0.25) is 5.91 Å². The Labute approximate surface area is 169 Å². The number of hydrogen-bond acceptors (Lipinski definition) is 6. The van der Waals surface area contributed by atoms with E-state index in [4.69, 9.17) is 21.8 Å². The lowest BCUT2D eigenvalue weighted by Crippen LogP contribution is -2.47. The first kappa shape index (κ1) is 22.4. The lowest BCUT2D eigenvalue weighted by Gasteiger charge is -2.30. The van der Waals surface area contributed by atoms with Crippen LogP contribution in [0.3, 0.4) is 0 Å². The monoisotopic (exact) mass is 399 g/mol. The quantitative estimate of drug-likeness (QED) is 0.214. The van der Waals surface area contributed by atoms with Crippen LogP contribution in [-0.2, 0) is 4.79 Å². The van der Waals surface area contributed by atoms with Crippen LogP contribution >= 0.6 is 0 Å². The highest BCUT2D eigenvalue weighted by Gasteiger charge is 2.41. The van der Waals surface area contributed by atoms with E-state index in [1.54, 1.807) is 25.4 Å². The molecule has 0 spiro atoms. The van der Waals surface area contributed by atoms with Crippen molar-refractivity contribution >= 4 is 11.8 Å². The van der Waals surface area contributed by atoms with Crippen LogP contribution < -0.4 is 16.9 Å². The topological polar surface area (TPSA) is 159 Å². The van der Waals surface area contributed by atoms with E-state index in [0.717, 1.165) is 6.42 Å². The van der Waals surface area contributed by atoms with Crippen LogP contribution in [0, 0.1) is 35.5 Å². The van der Waals surface area contributed by atoms with E-state index in [2.05, 4.69) is 23.7 Å². The molecule has 0 radical (unpaired) electrons. The van der Waals surface area contributed by atoms with Crippen LogP contribution in [0.1, 0.15) is 47.7 Å². The molecular formula is C21H25N3O5. The minimum absolute atomic E-state index is 0.00918. The molecule has 2 rings (SSSR count). The molecule has 0 bridgehead atoms. The molecule has 0 aliphatic heterocycles. The Morgan fingerprint density at radius 1 is 1.34 bits per heavy atom. The molecule has 154 valence electrons. The van der Waals surface area contributed by atoms with Gasteiger partial charge in [-0.2, -0.15) is 0 Å². The number of benzene rings is 1. The summed E-state index contributed by atoms with van der Waals surface area (Å²) in [7, 11) is 0. The van der Waals surface area contributed by atoms with E-state index in [0.29, 0.717) is 5.56 Å². The molecule has 1 aliphatic carbocycles. The largest absolute Gasteiger partial charge is 0.394 e. The third kappa shape index (κ3) is 5.57. The van der Waals surface area contributed by atoms with Crippen molar-refractivity contribution in [3.63, 3.8) is 0 Å². The number of carbonyl (C=O) groups excluding carboxylic acids is 2. The molecular weight excluding hydrogens is 374 g/mol. The van der Waals surface area contributed by atoms with Gasteiger partial charge in [0.05, 0.1) is 18.6 Å². The van der Waals surface area contributed by atoms with Gasteiger partial charge >= 0.3 is 0 Å². The van der Waals surface area contributed by atoms with E-state index in [9.17, 15) is 14.7 Å². The van der Waals surface area contributed by atoms with Gasteiger partial charge in [0, 0.05) is 28.5 Å². The molecule has 3 unspecified atom stereocenters. The summed E-state index contributed by atoms with van der Waals surface area (Å²) in [5.41, 5.74) is 12.8. The van der Waals surface area contributed by atoms with Crippen molar-refractivity contribution in [2.45, 2.75) is 37.8 Å². The van der Waals surface area contributed by atoms with Crippen molar-refractivity contribution in [3.05, 3.63) is 34.9 Å². The fourth-order valence-corrected chi connectivity index (χ4v) is 3.22. The highest BCUT2D eigenvalue weighted by Crippen LogP contribution is 2.40. The van der Waals surface area contributed by atoms with Gasteiger partial charge in [0.1, 0.15) is 0 Å². The fourth-order valence-electron chi connectivity index (χ4n) is 3.22. The van der Waals surface area contributed by atoms with Crippen molar-refractivity contribution in [2.24, 2.45) is 23.3 Å². The van der Waals surface area contributed by atoms with Gasteiger partial charge in [-0.15, -0.1) is 0 Å². The Balaban J connectivity index is 2.33.